The van der Waals surface area contributed by atoms with Gasteiger partial charge in [-0.15, -0.1) is 11.3 Å². The van der Waals surface area contributed by atoms with E-state index in [4.69, 9.17) is 4.74 Å². The van der Waals surface area contributed by atoms with Crippen LogP contribution in [-0.2, 0) is 16.0 Å². The Hall–Kier alpha value is -2.67. The summed E-state index contributed by atoms with van der Waals surface area (Å²) in [5.41, 5.74) is 1.56. The monoisotopic (exact) mass is 360 g/mol. The number of amides is 3. The summed E-state index contributed by atoms with van der Waals surface area (Å²) in [4.78, 5) is 37.7. The zero-order valence-corrected chi connectivity index (χ0v) is 15.1. The number of ether oxygens (including phenoxy) is 1. The van der Waals surface area contributed by atoms with Crippen molar-refractivity contribution in [3.63, 3.8) is 0 Å². The van der Waals surface area contributed by atoms with Gasteiger partial charge in [0.2, 0.25) is 6.10 Å². The zero-order valence-electron chi connectivity index (χ0n) is 14.3. The van der Waals surface area contributed by atoms with E-state index >= 15 is 0 Å². The van der Waals surface area contributed by atoms with Gasteiger partial charge in [0.15, 0.2) is 0 Å². The van der Waals surface area contributed by atoms with Crippen LogP contribution in [0, 0.1) is 6.92 Å². The summed E-state index contributed by atoms with van der Waals surface area (Å²) in [5, 5.41) is 4.45. The fourth-order valence-corrected chi connectivity index (χ4v) is 3.27. The van der Waals surface area contributed by atoms with Crippen LogP contribution < -0.4 is 10.6 Å². The standard InChI is InChI=1S/C18H20N2O4S/c1-4-12-10-14(25-11(12)2)17(22)24-15(13-8-6-5-7-9-13)16(21)20-18(23)19-3/h5-10,15H,4H2,1-3H3,(H2,19,20,21,23)/t15-/m0/s1. The molecule has 1 heterocycles. The van der Waals surface area contributed by atoms with Gasteiger partial charge in [-0.05, 0) is 25.0 Å². The number of urea groups is 1. The minimum atomic E-state index is -1.21. The van der Waals surface area contributed by atoms with Crippen LogP contribution in [0.25, 0.3) is 0 Å². The molecule has 0 aliphatic carbocycles. The SMILES string of the molecule is CCc1cc(C(=O)O[C@H](C(=O)NC(=O)NC)c2ccccc2)sc1C. The van der Waals surface area contributed by atoms with Gasteiger partial charge < -0.3 is 10.1 Å². The van der Waals surface area contributed by atoms with Crippen LogP contribution in [0.4, 0.5) is 4.79 Å². The summed E-state index contributed by atoms with van der Waals surface area (Å²) in [6.45, 7) is 3.95. The number of carbonyl (C=O) groups is 3. The largest absolute Gasteiger partial charge is 0.443 e. The number of benzene rings is 1. The summed E-state index contributed by atoms with van der Waals surface area (Å²) in [5.74, 6) is -1.29. The third-order valence-corrected chi connectivity index (χ3v) is 4.70. The second-order valence-corrected chi connectivity index (χ2v) is 6.57. The quantitative estimate of drug-likeness (QED) is 0.803. The lowest BCUT2D eigenvalue weighted by Gasteiger charge is -2.17. The Labute approximate surface area is 150 Å². The van der Waals surface area contributed by atoms with Gasteiger partial charge in [0, 0.05) is 17.5 Å². The van der Waals surface area contributed by atoms with Crippen LogP contribution in [0.3, 0.4) is 0 Å². The highest BCUT2D eigenvalue weighted by Crippen LogP contribution is 2.26. The van der Waals surface area contributed by atoms with Crippen molar-refractivity contribution in [3.8, 4) is 0 Å². The number of esters is 1. The highest BCUT2D eigenvalue weighted by atomic mass is 32.1. The lowest BCUT2D eigenvalue weighted by Crippen LogP contribution is -2.41. The third-order valence-electron chi connectivity index (χ3n) is 3.63. The smallest absolute Gasteiger partial charge is 0.349 e. The Morgan fingerprint density at radius 2 is 1.88 bits per heavy atom. The maximum absolute atomic E-state index is 12.5. The fraction of sp³-hybridized carbons (Fsp3) is 0.278. The molecule has 132 valence electrons. The lowest BCUT2D eigenvalue weighted by atomic mass is 10.1. The number of aryl methyl sites for hydroxylation is 2. The molecule has 1 aromatic heterocycles. The van der Waals surface area contributed by atoms with E-state index in [-0.39, 0.29) is 0 Å². The molecule has 0 aliphatic rings. The van der Waals surface area contributed by atoms with Gasteiger partial charge in [-0.1, -0.05) is 37.3 Å². The Balaban J connectivity index is 2.24. The highest BCUT2D eigenvalue weighted by molar-refractivity contribution is 7.14. The van der Waals surface area contributed by atoms with Gasteiger partial charge in [-0.25, -0.2) is 9.59 Å². The molecule has 0 saturated heterocycles. The van der Waals surface area contributed by atoms with E-state index in [9.17, 15) is 14.4 Å². The van der Waals surface area contributed by atoms with Crippen molar-refractivity contribution in [2.75, 3.05) is 7.05 Å². The molecule has 2 aromatic rings. The van der Waals surface area contributed by atoms with Crippen LogP contribution in [0.2, 0.25) is 0 Å². The van der Waals surface area contributed by atoms with Crippen molar-refractivity contribution in [3.05, 3.63) is 57.3 Å². The average Bonchev–Trinajstić information content (AvgIpc) is 3.00. The van der Waals surface area contributed by atoms with Crippen LogP contribution in [0.5, 0.6) is 0 Å². The predicted octanol–water partition coefficient (Wildman–Crippen LogP) is 2.97. The second kappa shape index (κ2) is 8.43. The molecule has 0 aliphatic heterocycles. The van der Waals surface area contributed by atoms with Gasteiger partial charge in [-0.3, -0.25) is 10.1 Å². The molecule has 3 amide bonds. The molecule has 0 fully saturated rings. The molecule has 0 bridgehead atoms. The van der Waals surface area contributed by atoms with Gasteiger partial charge in [0.25, 0.3) is 5.91 Å². The molecule has 1 atom stereocenters. The molecule has 6 nitrogen and oxygen atoms in total. The van der Waals surface area contributed by atoms with Crippen LogP contribution in [0.15, 0.2) is 36.4 Å². The number of thiophene rings is 1. The molecule has 2 rings (SSSR count). The number of hydrogen-bond donors (Lipinski definition) is 2. The second-order valence-electron chi connectivity index (χ2n) is 5.31. The highest BCUT2D eigenvalue weighted by Gasteiger charge is 2.27. The predicted molar refractivity (Wildman–Crippen MR) is 95.6 cm³/mol. The lowest BCUT2D eigenvalue weighted by molar-refractivity contribution is -0.129. The van der Waals surface area contributed by atoms with E-state index in [2.05, 4.69) is 10.6 Å². The average molecular weight is 360 g/mol. The summed E-state index contributed by atoms with van der Waals surface area (Å²) >= 11 is 1.33. The summed E-state index contributed by atoms with van der Waals surface area (Å²) in [6, 6.07) is 9.69. The molecule has 7 heteroatoms. The number of carbonyl (C=O) groups excluding carboxylic acids is 3. The van der Waals surface area contributed by atoms with Crippen molar-refractivity contribution in [1.82, 2.24) is 10.6 Å². The molecular weight excluding hydrogens is 340 g/mol. The Morgan fingerprint density at radius 3 is 2.44 bits per heavy atom. The molecule has 0 radical (unpaired) electrons. The Kier molecular flexibility index (Phi) is 6.30. The van der Waals surface area contributed by atoms with Gasteiger partial charge in [-0.2, -0.15) is 0 Å². The van der Waals surface area contributed by atoms with Crippen molar-refractivity contribution in [2.45, 2.75) is 26.4 Å². The first-order valence-electron chi connectivity index (χ1n) is 7.84. The van der Waals surface area contributed by atoms with Gasteiger partial charge in [0.1, 0.15) is 4.88 Å². The summed E-state index contributed by atoms with van der Waals surface area (Å²) in [7, 11) is 1.40. The first kappa shape index (κ1) is 18.7. The van der Waals surface area contributed by atoms with E-state index in [0.29, 0.717) is 10.4 Å². The van der Waals surface area contributed by atoms with Crippen molar-refractivity contribution in [1.29, 1.82) is 0 Å². The van der Waals surface area contributed by atoms with Crippen LogP contribution in [0.1, 0.15) is 38.7 Å². The molecular formula is C18H20N2O4S. The molecule has 25 heavy (non-hydrogen) atoms. The summed E-state index contributed by atoms with van der Waals surface area (Å²) in [6.07, 6.45) is -0.395. The fourth-order valence-electron chi connectivity index (χ4n) is 2.28. The molecule has 0 spiro atoms. The van der Waals surface area contributed by atoms with Gasteiger partial charge >= 0.3 is 12.0 Å². The molecule has 0 saturated carbocycles. The molecule has 1 aromatic carbocycles. The zero-order chi connectivity index (χ0) is 18.4. The molecule has 0 unspecified atom stereocenters. The van der Waals surface area contributed by atoms with Gasteiger partial charge in [0.05, 0.1) is 0 Å². The maximum Gasteiger partial charge on any atom is 0.349 e. The first-order valence-corrected chi connectivity index (χ1v) is 8.65. The van der Waals surface area contributed by atoms with E-state index in [1.165, 1.54) is 18.4 Å². The third kappa shape index (κ3) is 4.67. The van der Waals surface area contributed by atoms with Crippen molar-refractivity contribution >= 4 is 29.2 Å². The maximum atomic E-state index is 12.5. The Morgan fingerprint density at radius 1 is 1.20 bits per heavy atom. The number of rotatable bonds is 5. The summed E-state index contributed by atoms with van der Waals surface area (Å²) < 4.78 is 5.42. The molecule has 2 N–H and O–H groups in total. The number of nitrogens with one attached hydrogen (secondary N) is 2. The van der Waals surface area contributed by atoms with E-state index < -0.39 is 24.0 Å². The first-order chi connectivity index (χ1) is 12.0. The number of imide groups is 1. The van der Waals surface area contributed by atoms with Crippen molar-refractivity contribution in [2.24, 2.45) is 0 Å². The Bertz CT molecular complexity index is 771. The van der Waals surface area contributed by atoms with Crippen molar-refractivity contribution < 1.29 is 19.1 Å². The van der Waals surface area contributed by atoms with E-state index in [0.717, 1.165) is 16.9 Å². The van der Waals surface area contributed by atoms with Crippen LogP contribution >= 0.6 is 11.3 Å². The minimum Gasteiger partial charge on any atom is -0.443 e. The minimum absolute atomic E-state index is 0.433. The van der Waals surface area contributed by atoms with E-state index in [1.807, 2.05) is 13.8 Å². The topological polar surface area (TPSA) is 84.5 Å². The number of hydrogen-bond acceptors (Lipinski definition) is 5. The van der Waals surface area contributed by atoms with Crippen LogP contribution in [-0.4, -0.2) is 25.0 Å². The van der Waals surface area contributed by atoms with E-state index in [1.54, 1.807) is 36.4 Å². The normalized spacial score (nSPS) is 11.5.